The van der Waals surface area contributed by atoms with Gasteiger partial charge in [0.25, 0.3) is 0 Å². The van der Waals surface area contributed by atoms with Gasteiger partial charge in [-0.25, -0.2) is 4.79 Å². The highest BCUT2D eigenvalue weighted by atomic mass is 16.5. The quantitative estimate of drug-likeness (QED) is 0.573. The van der Waals surface area contributed by atoms with Gasteiger partial charge < -0.3 is 24.8 Å². The Kier molecular flexibility index (Phi) is 6.74. The second-order valence-electron chi connectivity index (χ2n) is 3.70. The molecule has 7 nitrogen and oxygen atoms in total. The van der Waals surface area contributed by atoms with E-state index in [-0.39, 0.29) is 25.7 Å². The number of methoxy groups -OCH3 is 2. The Morgan fingerprint density at radius 1 is 1.10 bits per heavy atom. The average Bonchev–Trinajstić information content (AvgIpc) is 2.47. The first kappa shape index (κ1) is 15.6. The lowest BCUT2D eigenvalue weighted by Crippen LogP contribution is -2.38. The van der Waals surface area contributed by atoms with Gasteiger partial charge in [-0.3, -0.25) is 4.79 Å². The third-order valence-electron chi connectivity index (χ3n) is 2.37. The second-order valence-corrected chi connectivity index (χ2v) is 3.70. The van der Waals surface area contributed by atoms with Crippen LogP contribution in [-0.4, -0.2) is 39.5 Å². The Balaban J connectivity index is 2.23. The Bertz CT molecular complexity index is 450. The van der Waals surface area contributed by atoms with Gasteiger partial charge in [0, 0.05) is 6.54 Å². The third kappa shape index (κ3) is 5.47. The zero-order valence-electron chi connectivity index (χ0n) is 11.5. The highest BCUT2D eigenvalue weighted by Gasteiger charge is 2.05. The molecule has 2 N–H and O–H groups in total. The summed E-state index contributed by atoms with van der Waals surface area (Å²) in [7, 11) is 2.83. The fraction of sp³-hybridized carbons (Fsp3) is 0.385. The molecule has 7 heteroatoms. The number of benzene rings is 1. The smallest absolute Gasteiger partial charge is 0.317 e. The molecular weight excluding hydrogens is 264 g/mol. The first-order valence-electron chi connectivity index (χ1n) is 6.01. The number of carbonyl (C=O) groups is 2. The Labute approximate surface area is 117 Å². The number of hydrogen-bond donors (Lipinski definition) is 2. The summed E-state index contributed by atoms with van der Waals surface area (Å²) in [5, 5.41) is 4.99. The summed E-state index contributed by atoms with van der Waals surface area (Å²) in [5.41, 5.74) is 0. The SMILES string of the molecule is COC(=O)CCNC(=O)NCOc1ccccc1OC. The van der Waals surface area contributed by atoms with Crippen molar-refractivity contribution in [1.29, 1.82) is 0 Å². The molecule has 0 radical (unpaired) electrons. The zero-order chi connectivity index (χ0) is 14.8. The van der Waals surface area contributed by atoms with E-state index >= 15 is 0 Å². The second kappa shape index (κ2) is 8.63. The summed E-state index contributed by atoms with van der Waals surface area (Å²) in [6.45, 7) is 0.192. The van der Waals surface area contributed by atoms with Gasteiger partial charge in [-0.15, -0.1) is 0 Å². The van der Waals surface area contributed by atoms with Crippen molar-refractivity contribution in [2.45, 2.75) is 6.42 Å². The Morgan fingerprint density at radius 3 is 2.45 bits per heavy atom. The molecule has 0 heterocycles. The van der Waals surface area contributed by atoms with Crippen LogP contribution in [0.5, 0.6) is 11.5 Å². The van der Waals surface area contributed by atoms with E-state index in [2.05, 4.69) is 15.4 Å². The van der Waals surface area contributed by atoms with E-state index < -0.39 is 6.03 Å². The van der Waals surface area contributed by atoms with Crippen LogP contribution >= 0.6 is 0 Å². The molecule has 20 heavy (non-hydrogen) atoms. The summed E-state index contributed by atoms with van der Waals surface area (Å²) < 4.78 is 14.9. The number of rotatable bonds is 7. The number of nitrogens with one attached hydrogen (secondary N) is 2. The molecule has 0 aliphatic rings. The number of amides is 2. The molecular formula is C13H18N2O5. The molecule has 0 saturated carbocycles. The molecule has 0 fully saturated rings. The molecule has 0 aliphatic heterocycles. The van der Waals surface area contributed by atoms with Crippen LogP contribution in [0.15, 0.2) is 24.3 Å². The van der Waals surface area contributed by atoms with Crippen LogP contribution in [0.2, 0.25) is 0 Å². The number of esters is 1. The Morgan fingerprint density at radius 2 is 1.80 bits per heavy atom. The molecule has 1 aromatic rings. The molecule has 0 aromatic heterocycles. The number of urea groups is 1. The van der Waals surface area contributed by atoms with Crippen molar-refractivity contribution in [1.82, 2.24) is 10.6 Å². The maximum atomic E-state index is 11.4. The van der Waals surface area contributed by atoms with Crippen LogP contribution in [0.25, 0.3) is 0 Å². The van der Waals surface area contributed by atoms with Crippen LogP contribution in [0.4, 0.5) is 4.79 Å². The fourth-order valence-corrected chi connectivity index (χ4v) is 1.36. The Hall–Kier alpha value is -2.44. The van der Waals surface area contributed by atoms with Crippen LogP contribution < -0.4 is 20.1 Å². The summed E-state index contributed by atoms with van der Waals surface area (Å²) in [4.78, 5) is 22.2. The van der Waals surface area contributed by atoms with E-state index in [4.69, 9.17) is 9.47 Å². The molecule has 0 aliphatic carbocycles. The van der Waals surface area contributed by atoms with E-state index in [0.717, 1.165) is 0 Å². The molecule has 1 rings (SSSR count). The highest BCUT2D eigenvalue weighted by Crippen LogP contribution is 2.25. The average molecular weight is 282 g/mol. The largest absolute Gasteiger partial charge is 0.493 e. The molecule has 0 saturated heterocycles. The lowest BCUT2D eigenvalue weighted by atomic mass is 10.3. The molecule has 0 bridgehead atoms. The zero-order valence-corrected chi connectivity index (χ0v) is 11.5. The van der Waals surface area contributed by atoms with Gasteiger partial charge in [-0.1, -0.05) is 12.1 Å². The summed E-state index contributed by atoms with van der Waals surface area (Å²) in [6, 6.07) is 6.68. The third-order valence-corrected chi connectivity index (χ3v) is 2.37. The minimum atomic E-state index is -0.427. The molecule has 2 amide bonds. The van der Waals surface area contributed by atoms with Gasteiger partial charge in [0.2, 0.25) is 0 Å². The van der Waals surface area contributed by atoms with Gasteiger partial charge >= 0.3 is 12.0 Å². The maximum Gasteiger partial charge on any atom is 0.317 e. The lowest BCUT2D eigenvalue weighted by Gasteiger charge is -2.11. The van der Waals surface area contributed by atoms with Gasteiger partial charge in [0.15, 0.2) is 18.2 Å². The van der Waals surface area contributed by atoms with Gasteiger partial charge in [-0.2, -0.15) is 0 Å². The predicted molar refractivity (Wildman–Crippen MR) is 71.7 cm³/mol. The minimum absolute atomic E-state index is 0.00949. The first-order chi connectivity index (χ1) is 9.67. The van der Waals surface area contributed by atoms with E-state index in [0.29, 0.717) is 11.5 Å². The normalized spacial score (nSPS) is 9.50. The number of hydrogen-bond acceptors (Lipinski definition) is 5. The molecule has 110 valence electrons. The molecule has 1 aromatic carbocycles. The van der Waals surface area contributed by atoms with Crippen LogP contribution in [0, 0.1) is 0 Å². The lowest BCUT2D eigenvalue weighted by molar-refractivity contribution is -0.140. The van der Waals surface area contributed by atoms with Crippen molar-refractivity contribution in [3.63, 3.8) is 0 Å². The summed E-state index contributed by atoms with van der Waals surface area (Å²) >= 11 is 0. The van der Waals surface area contributed by atoms with E-state index in [1.165, 1.54) is 14.2 Å². The van der Waals surface area contributed by atoms with Crippen molar-refractivity contribution in [2.75, 3.05) is 27.5 Å². The molecule has 0 spiro atoms. The monoisotopic (exact) mass is 282 g/mol. The first-order valence-corrected chi connectivity index (χ1v) is 6.01. The van der Waals surface area contributed by atoms with Gasteiger partial charge in [0.1, 0.15) is 0 Å². The van der Waals surface area contributed by atoms with Crippen LogP contribution in [0.3, 0.4) is 0 Å². The minimum Gasteiger partial charge on any atom is -0.493 e. The summed E-state index contributed by atoms with van der Waals surface area (Å²) in [5.74, 6) is 0.737. The predicted octanol–water partition coefficient (Wildman–Crippen LogP) is 0.894. The molecule has 0 atom stereocenters. The number of carbonyl (C=O) groups excluding carboxylic acids is 2. The van der Waals surface area contributed by atoms with Crippen molar-refractivity contribution in [3.8, 4) is 11.5 Å². The number of ether oxygens (including phenoxy) is 3. The van der Waals surface area contributed by atoms with E-state index in [9.17, 15) is 9.59 Å². The van der Waals surface area contributed by atoms with Crippen LogP contribution in [-0.2, 0) is 9.53 Å². The van der Waals surface area contributed by atoms with E-state index in [1.807, 2.05) is 6.07 Å². The van der Waals surface area contributed by atoms with Crippen LogP contribution in [0.1, 0.15) is 6.42 Å². The van der Waals surface area contributed by atoms with Crippen molar-refractivity contribution >= 4 is 12.0 Å². The summed E-state index contributed by atoms with van der Waals surface area (Å²) in [6.07, 6.45) is 0.122. The van der Waals surface area contributed by atoms with Crippen molar-refractivity contribution in [3.05, 3.63) is 24.3 Å². The van der Waals surface area contributed by atoms with Gasteiger partial charge in [0.05, 0.1) is 20.6 Å². The molecule has 0 unspecified atom stereocenters. The number of para-hydroxylation sites is 2. The van der Waals surface area contributed by atoms with Crippen molar-refractivity contribution in [2.24, 2.45) is 0 Å². The standard InChI is InChI=1S/C13H18N2O5/c1-18-10-5-3-4-6-11(10)20-9-15-13(17)14-8-7-12(16)19-2/h3-6H,7-9H2,1-2H3,(H2,14,15,17). The fourth-order valence-electron chi connectivity index (χ4n) is 1.36. The highest BCUT2D eigenvalue weighted by molar-refractivity contribution is 5.75. The topological polar surface area (TPSA) is 85.9 Å². The van der Waals surface area contributed by atoms with Gasteiger partial charge in [-0.05, 0) is 12.1 Å². The maximum absolute atomic E-state index is 11.4. The van der Waals surface area contributed by atoms with E-state index in [1.54, 1.807) is 18.2 Å². The van der Waals surface area contributed by atoms with Crippen molar-refractivity contribution < 1.29 is 23.8 Å².